The lowest BCUT2D eigenvalue weighted by molar-refractivity contribution is 0.000535. The van der Waals surface area contributed by atoms with Crippen molar-refractivity contribution in [1.82, 2.24) is 9.21 Å². The molecule has 0 aromatic heterocycles. The highest BCUT2D eigenvalue weighted by molar-refractivity contribution is 7.89. The first kappa shape index (κ1) is 28.3. The van der Waals surface area contributed by atoms with Crippen molar-refractivity contribution in [3.8, 4) is 16.9 Å². The maximum atomic E-state index is 12.9. The van der Waals surface area contributed by atoms with Crippen LogP contribution in [0.1, 0.15) is 35.4 Å². The van der Waals surface area contributed by atoms with Crippen LogP contribution < -0.4 is 4.74 Å². The van der Waals surface area contributed by atoms with Gasteiger partial charge < -0.3 is 9.47 Å². The standard InChI is InChI=1S/C31H40N2O4S/c1-23-10-6-7-11-31(23)38(34,35)32(3)18-8-9-19-33-21-29(30(33)22-36-4)26-14-12-25(13-15-26)28-17-16-27(37-5)20-24(28)2/h6-7,10-17,20,29-30H,8-9,18-19,21-22H2,1-5H3/t29-,30?/m1/s1. The zero-order chi connectivity index (χ0) is 27.3. The molecular formula is C31H40N2O4S. The molecule has 6 nitrogen and oxygen atoms in total. The monoisotopic (exact) mass is 536 g/mol. The summed E-state index contributed by atoms with van der Waals surface area (Å²) in [7, 11) is 1.66. The van der Waals surface area contributed by atoms with Crippen LogP contribution in [-0.4, -0.2) is 71.2 Å². The number of sulfonamides is 1. The lowest BCUT2D eigenvalue weighted by atomic mass is 9.82. The van der Waals surface area contributed by atoms with E-state index < -0.39 is 10.0 Å². The molecule has 3 aromatic carbocycles. The van der Waals surface area contributed by atoms with Crippen molar-refractivity contribution in [3.05, 3.63) is 83.4 Å². The second kappa shape index (κ2) is 12.4. The zero-order valence-corrected chi connectivity index (χ0v) is 24.0. The van der Waals surface area contributed by atoms with Crippen molar-refractivity contribution in [2.45, 2.75) is 43.5 Å². The molecule has 3 aromatic rings. The molecule has 38 heavy (non-hydrogen) atoms. The number of nitrogens with zero attached hydrogens (tertiary/aromatic N) is 2. The predicted octanol–water partition coefficient (Wildman–Crippen LogP) is 5.49. The molecular weight excluding hydrogens is 496 g/mol. The van der Waals surface area contributed by atoms with Crippen LogP contribution in [0.5, 0.6) is 5.75 Å². The summed E-state index contributed by atoms with van der Waals surface area (Å²) in [6.07, 6.45) is 1.76. The molecule has 0 radical (unpaired) electrons. The highest BCUT2D eigenvalue weighted by atomic mass is 32.2. The molecule has 1 saturated heterocycles. The van der Waals surface area contributed by atoms with Crippen LogP contribution in [0.2, 0.25) is 0 Å². The average molecular weight is 537 g/mol. The minimum atomic E-state index is -3.46. The minimum absolute atomic E-state index is 0.335. The topological polar surface area (TPSA) is 59.1 Å². The molecule has 0 amide bonds. The lowest BCUT2D eigenvalue weighted by Gasteiger charge is -2.48. The molecule has 1 aliphatic rings. The van der Waals surface area contributed by atoms with Crippen LogP contribution in [0.4, 0.5) is 0 Å². The quantitative estimate of drug-likeness (QED) is 0.286. The molecule has 1 unspecified atom stereocenters. The Morgan fingerprint density at radius 3 is 2.34 bits per heavy atom. The third-order valence-corrected chi connectivity index (χ3v) is 9.75. The van der Waals surface area contributed by atoms with Gasteiger partial charge in [-0.1, -0.05) is 48.5 Å². The smallest absolute Gasteiger partial charge is 0.243 e. The van der Waals surface area contributed by atoms with Gasteiger partial charge in [0.15, 0.2) is 0 Å². The number of methoxy groups -OCH3 is 2. The maximum absolute atomic E-state index is 12.9. The second-order valence-corrected chi connectivity index (χ2v) is 12.2. The Kier molecular flexibility index (Phi) is 9.26. The molecule has 1 aliphatic heterocycles. The number of hydrogen-bond acceptors (Lipinski definition) is 5. The largest absolute Gasteiger partial charge is 0.497 e. The summed E-state index contributed by atoms with van der Waals surface area (Å²) in [6, 6.07) is 22.6. The molecule has 4 rings (SSSR count). The number of unbranched alkanes of at least 4 members (excludes halogenated alkanes) is 1. The number of ether oxygens (including phenoxy) is 2. The Labute approximate surface area is 228 Å². The summed E-state index contributed by atoms with van der Waals surface area (Å²) in [5.74, 6) is 1.31. The fraction of sp³-hybridized carbons (Fsp3) is 0.419. The first-order chi connectivity index (χ1) is 18.3. The summed E-state index contributed by atoms with van der Waals surface area (Å²) < 4.78 is 38.3. The van der Waals surface area contributed by atoms with Gasteiger partial charge in [-0.3, -0.25) is 4.90 Å². The molecule has 1 fully saturated rings. The first-order valence-corrected chi connectivity index (χ1v) is 14.7. The van der Waals surface area contributed by atoms with Gasteiger partial charge >= 0.3 is 0 Å². The highest BCUT2D eigenvalue weighted by Gasteiger charge is 2.39. The number of hydrogen-bond donors (Lipinski definition) is 0. The van der Waals surface area contributed by atoms with Crippen LogP contribution in [0.3, 0.4) is 0 Å². The summed E-state index contributed by atoms with van der Waals surface area (Å²) in [5, 5.41) is 0. The van der Waals surface area contributed by atoms with Gasteiger partial charge in [0, 0.05) is 39.2 Å². The van der Waals surface area contributed by atoms with Crippen LogP contribution in [-0.2, 0) is 14.8 Å². The van der Waals surface area contributed by atoms with Gasteiger partial charge in [-0.2, -0.15) is 0 Å². The van der Waals surface area contributed by atoms with Gasteiger partial charge in [0.2, 0.25) is 10.0 Å². The van der Waals surface area contributed by atoms with Crippen LogP contribution in [0, 0.1) is 13.8 Å². The normalized spacial score (nSPS) is 17.9. The molecule has 2 atom stereocenters. The van der Waals surface area contributed by atoms with E-state index in [0.717, 1.165) is 37.2 Å². The number of likely N-dealkylation sites (tertiary alicyclic amines) is 1. The van der Waals surface area contributed by atoms with E-state index in [1.165, 1.54) is 26.6 Å². The Morgan fingerprint density at radius 2 is 1.68 bits per heavy atom. The van der Waals surface area contributed by atoms with Crippen LogP contribution in [0.15, 0.2) is 71.6 Å². The van der Waals surface area contributed by atoms with E-state index in [9.17, 15) is 8.42 Å². The number of benzene rings is 3. The molecule has 204 valence electrons. The summed E-state index contributed by atoms with van der Waals surface area (Å²) in [6.45, 7) is 7.07. The van der Waals surface area contributed by atoms with Gasteiger partial charge in [-0.25, -0.2) is 12.7 Å². The second-order valence-electron chi connectivity index (χ2n) is 10.2. The van der Waals surface area contributed by atoms with Crippen LogP contribution >= 0.6 is 0 Å². The molecule has 0 bridgehead atoms. The summed E-state index contributed by atoms with van der Waals surface area (Å²) in [5.41, 5.74) is 5.73. The van der Waals surface area contributed by atoms with Gasteiger partial charge in [-0.15, -0.1) is 0 Å². The van der Waals surface area contributed by atoms with E-state index in [1.54, 1.807) is 33.4 Å². The van der Waals surface area contributed by atoms with E-state index in [0.29, 0.717) is 30.0 Å². The third-order valence-electron chi connectivity index (χ3n) is 7.74. The first-order valence-electron chi connectivity index (χ1n) is 13.3. The van der Waals surface area contributed by atoms with Crippen molar-refractivity contribution in [2.24, 2.45) is 0 Å². The van der Waals surface area contributed by atoms with Gasteiger partial charge in [0.05, 0.1) is 18.6 Å². The maximum Gasteiger partial charge on any atom is 0.243 e. The van der Waals surface area contributed by atoms with E-state index in [2.05, 4.69) is 48.2 Å². The van der Waals surface area contributed by atoms with E-state index >= 15 is 0 Å². The average Bonchev–Trinajstić information content (AvgIpc) is 2.91. The fourth-order valence-corrected chi connectivity index (χ4v) is 6.81. The number of rotatable bonds is 12. The third kappa shape index (κ3) is 6.12. The van der Waals surface area contributed by atoms with Crippen LogP contribution in [0.25, 0.3) is 11.1 Å². The highest BCUT2D eigenvalue weighted by Crippen LogP contribution is 2.36. The fourth-order valence-electron chi connectivity index (χ4n) is 5.38. The molecule has 0 spiro atoms. The van der Waals surface area contributed by atoms with Crippen molar-refractivity contribution in [1.29, 1.82) is 0 Å². The van der Waals surface area contributed by atoms with Gasteiger partial charge in [0.1, 0.15) is 5.75 Å². The Bertz CT molecular complexity index is 1320. The van der Waals surface area contributed by atoms with E-state index in [-0.39, 0.29) is 0 Å². The Hall–Kier alpha value is -2.71. The van der Waals surface area contributed by atoms with Crippen molar-refractivity contribution in [3.63, 3.8) is 0 Å². The Balaban J connectivity index is 1.31. The number of aryl methyl sites for hydroxylation is 2. The molecule has 1 heterocycles. The van der Waals surface area contributed by atoms with Gasteiger partial charge in [-0.05, 0) is 79.3 Å². The zero-order valence-electron chi connectivity index (χ0n) is 23.2. The summed E-state index contributed by atoms with van der Waals surface area (Å²) >= 11 is 0. The van der Waals surface area contributed by atoms with Crippen molar-refractivity contribution < 1.29 is 17.9 Å². The van der Waals surface area contributed by atoms with Crippen molar-refractivity contribution in [2.75, 3.05) is 47.5 Å². The molecule has 0 aliphatic carbocycles. The van der Waals surface area contributed by atoms with Crippen molar-refractivity contribution >= 4 is 10.0 Å². The minimum Gasteiger partial charge on any atom is -0.497 e. The molecule has 0 saturated carbocycles. The predicted molar refractivity (Wildman–Crippen MR) is 153 cm³/mol. The summed E-state index contributed by atoms with van der Waals surface area (Å²) in [4.78, 5) is 2.85. The lowest BCUT2D eigenvalue weighted by Crippen LogP contribution is -2.56. The van der Waals surface area contributed by atoms with Gasteiger partial charge in [0.25, 0.3) is 0 Å². The van der Waals surface area contributed by atoms with E-state index in [1.807, 2.05) is 25.1 Å². The molecule has 0 N–H and O–H groups in total. The molecule has 7 heteroatoms. The Morgan fingerprint density at radius 1 is 0.947 bits per heavy atom. The SMILES string of the molecule is COCC1[C@@H](c2ccc(-c3ccc(OC)cc3C)cc2)CN1CCCCN(C)S(=O)(=O)c1ccccc1C. The van der Waals surface area contributed by atoms with E-state index in [4.69, 9.17) is 9.47 Å².